The third kappa shape index (κ3) is 4.59. The van der Waals surface area contributed by atoms with Gasteiger partial charge in [0.2, 0.25) is 23.6 Å². The number of hydrogen-bond acceptors (Lipinski definition) is 5. The van der Waals surface area contributed by atoms with Gasteiger partial charge >= 0.3 is 0 Å². The number of benzene rings is 1. The fourth-order valence-electron chi connectivity index (χ4n) is 6.07. The van der Waals surface area contributed by atoms with Gasteiger partial charge in [0.15, 0.2) is 0 Å². The molecule has 9 heteroatoms. The van der Waals surface area contributed by atoms with Gasteiger partial charge in [-0.3, -0.25) is 19.2 Å². The molecule has 3 aliphatic rings. The van der Waals surface area contributed by atoms with Crippen LogP contribution in [0, 0.1) is 11.3 Å². The Morgan fingerprint density at radius 2 is 1.94 bits per heavy atom. The Kier molecular flexibility index (Phi) is 6.43. The Morgan fingerprint density at radius 1 is 1.21 bits per heavy atom. The first-order valence-corrected chi connectivity index (χ1v) is 11.6. The zero-order valence-electron chi connectivity index (χ0n) is 19.2. The highest BCUT2D eigenvalue weighted by atomic mass is 16.2. The quantitative estimate of drug-likeness (QED) is 0.472. The van der Waals surface area contributed by atoms with Crippen LogP contribution < -0.4 is 21.7 Å². The van der Waals surface area contributed by atoms with E-state index in [9.17, 15) is 19.2 Å². The van der Waals surface area contributed by atoms with Crippen LogP contribution in [-0.4, -0.2) is 60.4 Å². The highest BCUT2D eigenvalue weighted by Crippen LogP contribution is 2.47. The van der Waals surface area contributed by atoms with Crippen LogP contribution in [0.25, 0.3) is 0 Å². The molecule has 2 heterocycles. The van der Waals surface area contributed by atoms with Gasteiger partial charge in [0, 0.05) is 5.41 Å². The third-order valence-corrected chi connectivity index (χ3v) is 7.35. The summed E-state index contributed by atoms with van der Waals surface area (Å²) in [6.07, 6.45) is 3.31. The normalized spacial score (nSPS) is 31.3. The molecule has 1 aromatic rings. The molecule has 0 aromatic heterocycles. The fourth-order valence-corrected chi connectivity index (χ4v) is 6.07. The number of carbonyl (C=O) groups excluding carboxylic acids is 4. The summed E-state index contributed by atoms with van der Waals surface area (Å²) in [5.74, 6) is -1.39. The summed E-state index contributed by atoms with van der Waals surface area (Å²) < 4.78 is 0. The molecule has 0 radical (unpaired) electrons. The van der Waals surface area contributed by atoms with Crippen molar-refractivity contribution in [2.24, 2.45) is 17.1 Å². The van der Waals surface area contributed by atoms with Gasteiger partial charge in [-0.1, -0.05) is 31.2 Å². The second kappa shape index (κ2) is 9.13. The zero-order chi connectivity index (χ0) is 23.8. The monoisotopic (exact) mass is 455 g/mol. The van der Waals surface area contributed by atoms with Crippen LogP contribution in [0.15, 0.2) is 24.3 Å². The van der Waals surface area contributed by atoms with Crippen molar-refractivity contribution >= 4 is 23.6 Å². The van der Waals surface area contributed by atoms with Gasteiger partial charge in [-0.25, -0.2) is 0 Å². The number of carbonyl (C=O) groups is 4. The van der Waals surface area contributed by atoms with E-state index in [0.29, 0.717) is 12.3 Å². The topological polar surface area (TPSA) is 134 Å². The largest absolute Gasteiger partial charge is 0.368 e. The molecule has 178 valence electrons. The van der Waals surface area contributed by atoms with Gasteiger partial charge < -0.3 is 26.6 Å². The summed E-state index contributed by atoms with van der Waals surface area (Å²) in [4.78, 5) is 52.3. The number of amides is 4. The predicted octanol–water partition coefficient (Wildman–Crippen LogP) is -0.176. The molecule has 0 spiro atoms. The minimum Gasteiger partial charge on any atom is -0.368 e. The lowest BCUT2D eigenvalue weighted by atomic mass is 9.70. The van der Waals surface area contributed by atoms with Gasteiger partial charge in [0.25, 0.3) is 0 Å². The van der Waals surface area contributed by atoms with Crippen molar-refractivity contribution in [2.45, 2.75) is 63.7 Å². The maximum Gasteiger partial charge on any atom is 0.248 e. The SMILES string of the molecule is CNCC(=O)N[C@H]1CC(=O)N[C@H]2CC(C)(CC3CCc4ccccc4C3)C(C(N)=O)N2C1=O. The van der Waals surface area contributed by atoms with E-state index in [1.54, 1.807) is 7.05 Å². The Hall–Kier alpha value is -2.94. The molecule has 5 atom stereocenters. The van der Waals surface area contributed by atoms with Crippen LogP contribution >= 0.6 is 0 Å². The average molecular weight is 456 g/mol. The molecule has 0 bridgehead atoms. The van der Waals surface area contributed by atoms with Crippen molar-refractivity contribution < 1.29 is 19.2 Å². The number of hydrogen-bond donors (Lipinski definition) is 4. The van der Waals surface area contributed by atoms with Gasteiger partial charge in [-0.2, -0.15) is 0 Å². The van der Waals surface area contributed by atoms with Gasteiger partial charge in [-0.05, 0) is 56.2 Å². The van der Waals surface area contributed by atoms with Crippen molar-refractivity contribution in [1.82, 2.24) is 20.9 Å². The van der Waals surface area contributed by atoms with E-state index in [1.165, 1.54) is 16.0 Å². The molecule has 2 saturated heterocycles. The Morgan fingerprint density at radius 3 is 2.64 bits per heavy atom. The molecule has 33 heavy (non-hydrogen) atoms. The number of nitrogens with zero attached hydrogens (tertiary/aromatic N) is 1. The molecule has 1 aliphatic carbocycles. The molecule has 5 N–H and O–H groups in total. The average Bonchev–Trinajstić information content (AvgIpc) is 2.98. The highest BCUT2D eigenvalue weighted by Gasteiger charge is 2.57. The number of aryl methyl sites for hydroxylation is 1. The predicted molar refractivity (Wildman–Crippen MR) is 122 cm³/mol. The molecule has 3 unspecified atom stereocenters. The zero-order valence-corrected chi connectivity index (χ0v) is 19.2. The Balaban J connectivity index is 1.57. The van der Waals surface area contributed by atoms with E-state index >= 15 is 0 Å². The van der Waals surface area contributed by atoms with E-state index < -0.39 is 35.5 Å². The molecule has 0 saturated carbocycles. The lowest BCUT2D eigenvalue weighted by molar-refractivity contribution is -0.144. The van der Waals surface area contributed by atoms with Crippen LogP contribution in [0.1, 0.15) is 43.7 Å². The molecule has 1 aromatic carbocycles. The summed E-state index contributed by atoms with van der Waals surface area (Å²) in [5, 5.41) is 8.24. The van der Waals surface area contributed by atoms with E-state index in [4.69, 9.17) is 5.73 Å². The molecule has 9 nitrogen and oxygen atoms in total. The number of fused-ring (bicyclic) bond motifs is 2. The number of likely N-dealkylation sites (N-methyl/N-ethyl adjacent to an activating group) is 1. The van der Waals surface area contributed by atoms with Crippen LogP contribution in [0.5, 0.6) is 0 Å². The molecule has 2 fully saturated rings. The van der Waals surface area contributed by atoms with Gasteiger partial charge in [-0.15, -0.1) is 0 Å². The number of nitrogens with two attached hydrogens (primary N) is 1. The van der Waals surface area contributed by atoms with Crippen LogP contribution in [0.3, 0.4) is 0 Å². The molecular formula is C24H33N5O4. The van der Waals surface area contributed by atoms with Crippen molar-refractivity contribution in [3.63, 3.8) is 0 Å². The van der Waals surface area contributed by atoms with E-state index in [1.807, 2.05) is 13.0 Å². The molecule has 2 aliphatic heterocycles. The van der Waals surface area contributed by atoms with Crippen molar-refractivity contribution in [2.75, 3.05) is 13.6 Å². The Labute approximate surface area is 193 Å². The first-order chi connectivity index (χ1) is 15.7. The smallest absolute Gasteiger partial charge is 0.248 e. The van der Waals surface area contributed by atoms with Crippen LogP contribution in [-0.2, 0) is 32.0 Å². The van der Waals surface area contributed by atoms with E-state index in [2.05, 4.69) is 34.1 Å². The summed E-state index contributed by atoms with van der Waals surface area (Å²) in [7, 11) is 1.62. The van der Waals surface area contributed by atoms with Gasteiger partial charge in [0.1, 0.15) is 18.2 Å². The number of rotatable bonds is 6. The minimum absolute atomic E-state index is 0.0228. The lowest BCUT2D eigenvalue weighted by Gasteiger charge is -2.37. The van der Waals surface area contributed by atoms with Gasteiger partial charge in [0.05, 0.1) is 13.0 Å². The molecular weight excluding hydrogens is 422 g/mol. The lowest BCUT2D eigenvalue weighted by Crippen LogP contribution is -2.58. The fraction of sp³-hybridized carbons (Fsp3) is 0.583. The summed E-state index contributed by atoms with van der Waals surface area (Å²) in [5.41, 5.74) is 7.98. The number of nitrogens with one attached hydrogen (secondary N) is 3. The third-order valence-electron chi connectivity index (χ3n) is 7.35. The van der Waals surface area contributed by atoms with Crippen LogP contribution in [0.2, 0.25) is 0 Å². The summed E-state index contributed by atoms with van der Waals surface area (Å²) in [6.45, 7) is 2.01. The second-order valence-electron chi connectivity index (χ2n) is 9.93. The van der Waals surface area contributed by atoms with E-state index in [-0.39, 0.29) is 24.8 Å². The molecule has 4 amide bonds. The first-order valence-electron chi connectivity index (χ1n) is 11.6. The van der Waals surface area contributed by atoms with Crippen molar-refractivity contribution in [1.29, 1.82) is 0 Å². The summed E-state index contributed by atoms with van der Waals surface area (Å²) in [6, 6.07) is 6.54. The van der Waals surface area contributed by atoms with Crippen molar-refractivity contribution in [3.05, 3.63) is 35.4 Å². The maximum atomic E-state index is 13.5. The van der Waals surface area contributed by atoms with Crippen LogP contribution in [0.4, 0.5) is 0 Å². The standard InChI is InChI=1S/C24H33N5O4/c1-24(11-14-7-8-15-5-3-4-6-16(15)9-14)12-18-28-19(30)10-17(27-20(31)13-26-2)23(33)29(18)21(24)22(25)32/h3-6,14,17-18,21,26H,7-13H2,1-2H3,(H2,25,32)(H,27,31)(H,28,30)/t14?,17-,18+,21?,24?/m0/s1. The Bertz CT molecular complexity index is 966. The minimum atomic E-state index is -1.03. The first kappa shape index (κ1) is 23.2. The maximum absolute atomic E-state index is 13.5. The summed E-state index contributed by atoms with van der Waals surface area (Å²) >= 11 is 0. The second-order valence-corrected chi connectivity index (χ2v) is 9.93. The molecule has 4 rings (SSSR count). The van der Waals surface area contributed by atoms with Crippen molar-refractivity contribution in [3.8, 4) is 0 Å². The highest BCUT2D eigenvalue weighted by molar-refractivity contribution is 5.97. The van der Waals surface area contributed by atoms with E-state index in [0.717, 1.165) is 25.7 Å². The number of primary amides is 1.